The van der Waals surface area contributed by atoms with Crippen molar-refractivity contribution in [2.45, 2.75) is 13.5 Å². The van der Waals surface area contributed by atoms with Crippen molar-refractivity contribution in [3.8, 4) is 5.75 Å². The summed E-state index contributed by atoms with van der Waals surface area (Å²) in [4.78, 5) is 15.7. The first-order valence-electron chi connectivity index (χ1n) is 6.92. The summed E-state index contributed by atoms with van der Waals surface area (Å²) in [7, 11) is 0. The van der Waals surface area contributed by atoms with E-state index in [1.165, 1.54) is 10.5 Å². The number of pyridine rings is 1. The Morgan fingerprint density at radius 1 is 1.29 bits per heavy atom. The monoisotopic (exact) mass is 335 g/mol. The Balaban J connectivity index is 1.97. The predicted octanol–water partition coefficient (Wildman–Crippen LogP) is 2.74. The molecule has 124 valence electrons. The number of ether oxygens (including phenoxy) is 1. The summed E-state index contributed by atoms with van der Waals surface area (Å²) >= 11 is 0. The highest BCUT2D eigenvalue weighted by molar-refractivity contribution is 5.93. The van der Waals surface area contributed by atoms with Gasteiger partial charge in [-0.3, -0.25) is 9.20 Å². The van der Waals surface area contributed by atoms with Crippen LogP contribution in [0.1, 0.15) is 21.7 Å². The number of amides is 1. The molecule has 2 heterocycles. The van der Waals surface area contributed by atoms with Gasteiger partial charge >= 0.3 is 0 Å². The van der Waals surface area contributed by atoms with Crippen LogP contribution in [0.2, 0.25) is 0 Å². The highest BCUT2D eigenvalue weighted by atomic mass is 19.1. The fourth-order valence-electron chi connectivity index (χ4n) is 2.43. The summed E-state index contributed by atoms with van der Waals surface area (Å²) < 4.78 is 47.1. The average molecular weight is 335 g/mol. The number of halogens is 3. The molecule has 5 nitrogen and oxygen atoms in total. The number of hydrogen-bond acceptors (Lipinski definition) is 3. The van der Waals surface area contributed by atoms with Crippen LogP contribution in [0.3, 0.4) is 0 Å². The van der Waals surface area contributed by atoms with Gasteiger partial charge in [0, 0.05) is 18.3 Å². The molecule has 0 unspecified atom stereocenters. The molecule has 2 N–H and O–H groups in total. The van der Waals surface area contributed by atoms with E-state index < -0.39 is 35.5 Å². The molecule has 0 saturated carbocycles. The molecule has 0 aliphatic heterocycles. The third-order valence-corrected chi connectivity index (χ3v) is 3.50. The molecule has 1 aromatic carbocycles. The van der Waals surface area contributed by atoms with Crippen molar-refractivity contribution in [1.29, 1.82) is 0 Å². The highest BCUT2D eigenvalue weighted by Gasteiger charge is 2.17. The van der Waals surface area contributed by atoms with Crippen LogP contribution in [0.15, 0.2) is 30.5 Å². The zero-order chi connectivity index (χ0) is 17.4. The van der Waals surface area contributed by atoms with E-state index in [1.807, 2.05) is 0 Å². The van der Waals surface area contributed by atoms with Crippen molar-refractivity contribution in [3.63, 3.8) is 0 Å². The summed E-state index contributed by atoms with van der Waals surface area (Å²) in [6, 6.07) is 4.26. The van der Waals surface area contributed by atoms with E-state index in [9.17, 15) is 18.0 Å². The number of carbonyl (C=O) groups excluding carboxylic acids is 1. The second kappa shape index (κ2) is 5.88. The van der Waals surface area contributed by atoms with Gasteiger partial charge in [0.15, 0.2) is 11.4 Å². The zero-order valence-electron chi connectivity index (χ0n) is 12.5. The van der Waals surface area contributed by atoms with Crippen molar-refractivity contribution in [3.05, 3.63) is 64.9 Å². The molecule has 0 saturated heterocycles. The average Bonchev–Trinajstić information content (AvgIpc) is 2.82. The molecular formula is C16H12F3N3O2. The van der Waals surface area contributed by atoms with Gasteiger partial charge < -0.3 is 10.5 Å². The smallest absolute Gasteiger partial charge is 0.267 e. The Bertz CT molecular complexity index is 930. The first-order chi connectivity index (χ1) is 11.4. The van der Waals surface area contributed by atoms with E-state index in [0.717, 1.165) is 0 Å². The molecule has 0 atom stereocenters. The Labute approximate surface area is 134 Å². The Kier molecular flexibility index (Phi) is 3.88. The summed E-state index contributed by atoms with van der Waals surface area (Å²) in [5, 5.41) is 0. The molecule has 3 rings (SSSR count). The number of hydrogen-bond donors (Lipinski definition) is 1. The van der Waals surface area contributed by atoms with Crippen LogP contribution >= 0.6 is 0 Å². The number of aryl methyl sites for hydroxylation is 1. The number of primary amides is 1. The maximum atomic E-state index is 13.7. The van der Waals surface area contributed by atoms with Crippen molar-refractivity contribution < 1.29 is 22.7 Å². The summed E-state index contributed by atoms with van der Waals surface area (Å²) in [5.74, 6) is -3.55. The summed E-state index contributed by atoms with van der Waals surface area (Å²) in [6.07, 6.45) is 1.57. The number of carbonyl (C=O) groups is 1. The number of imidazole rings is 1. The van der Waals surface area contributed by atoms with Gasteiger partial charge in [0.25, 0.3) is 5.91 Å². The van der Waals surface area contributed by atoms with Crippen molar-refractivity contribution in [2.24, 2.45) is 5.73 Å². The Morgan fingerprint density at radius 3 is 2.58 bits per heavy atom. The van der Waals surface area contributed by atoms with Crippen LogP contribution in [-0.4, -0.2) is 15.3 Å². The Morgan fingerprint density at radius 2 is 1.96 bits per heavy atom. The highest BCUT2D eigenvalue weighted by Crippen LogP contribution is 2.24. The predicted molar refractivity (Wildman–Crippen MR) is 79.1 cm³/mol. The van der Waals surface area contributed by atoms with E-state index in [1.54, 1.807) is 19.2 Å². The number of nitrogens with zero attached hydrogens (tertiary/aromatic N) is 2. The molecule has 0 radical (unpaired) electrons. The van der Waals surface area contributed by atoms with Crippen LogP contribution in [0.4, 0.5) is 13.2 Å². The van der Waals surface area contributed by atoms with Crippen molar-refractivity contribution in [1.82, 2.24) is 9.38 Å². The van der Waals surface area contributed by atoms with E-state index in [4.69, 9.17) is 10.5 Å². The normalized spacial score (nSPS) is 11.0. The van der Waals surface area contributed by atoms with Gasteiger partial charge in [0.2, 0.25) is 0 Å². The van der Waals surface area contributed by atoms with Gasteiger partial charge in [0.05, 0.1) is 11.3 Å². The number of aromatic nitrogens is 2. The zero-order valence-corrected chi connectivity index (χ0v) is 12.5. The van der Waals surface area contributed by atoms with Crippen molar-refractivity contribution >= 4 is 11.6 Å². The quantitative estimate of drug-likeness (QED) is 0.797. The van der Waals surface area contributed by atoms with Gasteiger partial charge in [-0.05, 0) is 19.1 Å². The molecule has 8 heteroatoms. The second-order valence-electron chi connectivity index (χ2n) is 5.11. The maximum absolute atomic E-state index is 13.7. The minimum absolute atomic E-state index is 0.189. The molecule has 0 bridgehead atoms. The fraction of sp³-hybridized carbons (Fsp3) is 0.125. The van der Waals surface area contributed by atoms with E-state index in [0.29, 0.717) is 17.8 Å². The third kappa shape index (κ3) is 2.66. The molecular weight excluding hydrogens is 323 g/mol. The van der Waals surface area contributed by atoms with Gasteiger partial charge in [0.1, 0.15) is 29.8 Å². The molecule has 3 aromatic rings. The Hall–Kier alpha value is -3.03. The van der Waals surface area contributed by atoms with E-state index in [-0.39, 0.29) is 17.1 Å². The summed E-state index contributed by atoms with van der Waals surface area (Å²) in [6.45, 7) is 1.14. The molecule has 0 aliphatic carbocycles. The number of nitrogens with two attached hydrogens (primary N) is 1. The van der Waals surface area contributed by atoms with E-state index >= 15 is 0 Å². The topological polar surface area (TPSA) is 69.6 Å². The number of benzene rings is 1. The van der Waals surface area contributed by atoms with Crippen LogP contribution < -0.4 is 10.5 Å². The van der Waals surface area contributed by atoms with Crippen LogP contribution in [0.25, 0.3) is 5.65 Å². The first-order valence-corrected chi connectivity index (χ1v) is 6.92. The minimum atomic E-state index is -1.04. The van der Waals surface area contributed by atoms with Gasteiger partial charge in [-0.2, -0.15) is 0 Å². The number of rotatable bonds is 4. The van der Waals surface area contributed by atoms with Gasteiger partial charge in [-0.25, -0.2) is 18.2 Å². The van der Waals surface area contributed by atoms with Crippen LogP contribution in [-0.2, 0) is 6.61 Å². The SMILES string of the molecule is Cc1nc2c(OCc3c(F)cc(F)cc3F)cccn2c1C(N)=O. The molecule has 1 amide bonds. The minimum Gasteiger partial charge on any atom is -0.485 e. The third-order valence-electron chi connectivity index (χ3n) is 3.50. The largest absolute Gasteiger partial charge is 0.485 e. The van der Waals surface area contributed by atoms with Gasteiger partial charge in [-0.15, -0.1) is 0 Å². The standard InChI is InChI=1S/C16H12F3N3O2/c1-8-14(15(20)23)22-4-2-3-13(16(22)21-8)24-7-10-11(18)5-9(17)6-12(10)19/h2-6H,7H2,1H3,(H2,20,23). The molecule has 2 aromatic heterocycles. The lowest BCUT2D eigenvalue weighted by Crippen LogP contribution is -2.15. The second-order valence-corrected chi connectivity index (χ2v) is 5.11. The lowest BCUT2D eigenvalue weighted by Gasteiger charge is -2.09. The maximum Gasteiger partial charge on any atom is 0.267 e. The van der Waals surface area contributed by atoms with Crippen LogP contribution in [0.5, 0.6) is 5.75 Å². The molecule has 0 aliphatic rings. The first kappa shape index (κ1) is 15.9. The molecule has 0 spiro atoms. The lowest BCUT2D eigenvalue weighted by atomic mass is 10.2. The fourth-order valence-corrected chi connectivity index (χ4v) is 2.43. The van der Waals surface area contributed by atoms with Crippen LogP contribution in [0, 0.1) is 24.4 Å². The van der Waals surface area contributed by atoms with Crippen molar-refractivity contribution in [2.75, 3.05) is 0 Å². The summed E-state index contributed by atoms with van der Waals surface area (Å²) in [5.41, 5.74) is 5.79. The molecule has 24 heavy (non-hydrogen) atoms. The number of fused-ring (bicyclic) bond motifs is 1. The van der Waals surface area contributed by atoms with E-state index in [2.05, 4.69) is 4.98 Å². The van der Waals surface area contributed by atoms with Gasteiger partial charge in [-0.1, -0.05) is 0 Å². The lowest BCUT2D eigenvalue weighted by molar-refractivity contribution is 0.0994. The molecule has 0 fully saturated rings.